The van der Waals surface area contributed by atoms with Crippen LogP contribution in [0.2, 0.25) is 0 Å². The Hall–Kier alpha value is -1.14. The van der Waals surface area contributed by atoms with Crippen LogP contribution in [-0.2, 0) is 9.59 Å². The van der Waals surface area contributed by atoms with Crippen molar-refractivity contribution in [2.75, 3.05) is 56.4 Å². The number of hydrogen-bond acceptors (Lipinski definition) is 4. The molecule has 0 unspecified atom stereocenters. The molecule has 0 aromatic rings. The maximum atomic E-state index is 9.77. The lowest BCUT2D eigenvalue weighted by molar-refractivity contribution is -0.849. The van der Waals surface area contributed by atoms with Crippen molar-refractivity contribution in [1.29, 1.82) is 0 Å². The summed E-state index contributed by atoms with van der Waals surface area (Å²) in [7, 11) is 17.0. The van der Waals surface area contributed by atoms with Gasteiger partial charge in [-0.05, 0) is 25.7 Å². The van der Waals surface area contributed by atoms with Gasteiger partial charge in [0.05, 0.1) is 56.4 Å². The highest BCUT2D eigenvalue weighted by molar-refractivity contribution is 5.65. The number of carboxylic acid groups (broad SMARTS) is 2. The molecule has 20 heavy (non-hydrogen) atoms. The van der Waals surface area contributed by atoms with Crippen LogP contribution in [0.25, 0.3) is 0 Å². The van der Waals surface area contributed by atoms with Gasteiger partial charge in [0.25, 0.3) is 0 Å². The highest BCUT2D eigenvalue weighted by Gasteiger charge is 1.89. The Morgan fingerprint density at radius 2 is 0.800 bits per heavy atom. The van der Waals surface area contributed by atoms with E-state index < -0.39 is 11.9 Å². The fraction of sp³-hybridized carbons (Fsp3) is 0.857. The molecule has 0 aliphatic rings. The molecule has 0 saturated carbocycles. The van der Waals surface area contributed by atoms with Crippen LogP contribution in [0.15, 0.2) is 0 Å². The van der Waals surface area contributed by atoms with Gasteiger partial charge in [-0.3, -0.25) is 0 Å². The van der Waals surface area contributed by atoms with Gasteiger partial charge in [0.1, 0.15) is 0 Å². The summed E-state index contributed by atoms with van der Waals surface area (Å²) in [5.74, 6) is -2.28. The van der Waals surface area contributed by atoms with Crippen molar-refractivity contribution in [3.63, 3.8) is 0 Å². The molecule has 0 aliphatic heterocycles. The van der Waals surface area contributed by atoms with Crippen molar-refractivity contribution < 1.29 is 28.8 Å². The van der Waals surface area contributed by atoms with E-state index in [1.165, 1.54) is 0 Å². The molecule has 6 nitrogen and oxygen atoms in total. The van der Waals surface area contributed by atoms with Crippen molar-refractivity contribution in [1.82, 2.24) is 0 Å². The van der Waals surface area contributed by atoms with Crippen LogP contribution in [0.1, 0.15) is 25.7 Å². The van der Waals surface area contributed by atoms with Crippen LogP contribution >= 0.6 is 0 Å². The molecule has 0 aromatic carbocycles. The normalized spacial score (nSPS) is 10.6. The maximum Gasteiger partial charge on any atom is 0.0675 e. The van der Waals surface area contributed by atoms with Crippen molar-refractivity contribution in [3.05, 3.63) is 0 Å². The summed E-state index contributed by atoms with van der Waals surface area (Å²) >= 11 is 0. The third-order valence-corrected chi connectivity index (χ3v) is 1.01. The molecule has 0 amide bonds. The summed E-state index contributed by atoms with van der Waals surface area (Å²) in [4.78, 5) is 19.5. The first-order valence-electron chi connectivity index (χ1n) is 6.60. The Morgan fingerprint density at radius 1 is 0.650 bits per heavy atom. The highest BCUT2D eigenvalue weighted by atomic mass is 16.4. The van der Waals surface area contributed by atoms with Crippen LogP contribution in [0.3, 0.4) is 0 Å². The molecule has 0 radical (unpaired) electrons. The lowest BCUT2D eigenvalue weighted by Crippen LogP contribution is -2.27. The molecular weight excluding hydrogens is 260 g/mol. The van der Waals surface area contributed by atoms with E-state index in [9.17, 15) is 19.8 Å². The topological polar surface area (TPSA) is 80.3 Å². The van der Waals surface area contributed by atoms with Gasteiger partial charge in [0.2, 0.25) is 0 Å². The van der Waals surface area contributed by atoms with E-state index >= 15 is 0 Å². The lowest BCUT2D eigenvalue weighted by atomic mass is 10.2. The predicted molar refractivity (Wildman–Crippen MR) is 76.4 cm³/mol. The smallest absolute Gasteiger partial charge is 0.0675 e. The largest absolute Gasteiger partial charge is 0.550 e. The number of rotatable bonds is 5. The summed E-state index contributed by atoms with van der Waals surface area (Å²) in [5, 5.41) is 19.5. The number of carbonyl (C=O) groups excluding carboxylic acids is 2. The number of aliphatic carboxylic acids is 2. The van der Waals surface area contributed by atoms with Crippen LogP contribution in [0.4, 0.5) is 0 Å². The number of unbranched alkanes of at least 4 members (excludes halogenated alkanes) is 1. The first-order chi connectivity index (χ1) is 8.63. The first-order valence-corrected chi connectivity index (χ1v) is 6.60. The molecule has 6 heteroatoms. The van der Waals surface area contributed by atoms with E-state index in [-0.39, 0.29) is 12.8 Å². The highest BCUT2D eigenvalue weighted by Crippen LogP contribution is 1.96. The molecule has 0 heterocycles. The van der Waals surface area contributed by atoms with Gasteiger partial charge >= 0.3 is 0 Å². The number of quaternary nitrogens is 2. The fourth-order valence-corrected chi connectivity index (χ4v) is 0.539. The van der Waals surface area contributed by atoms with Gasteiger partial charge in [-0.2, -0.15) is 0 Å². The zero-order valence-corrected chi connectivity index (χ0v) is 14.4. The number of carboxylic acids is 2. The fourth-order valence-electron chi connectivity index (χ4n) is 0.539. The molecule has 0 aromatic heterocycles. The predicted octanol–water partition coefficient (Wildman–Crippen LogP) is -1.31. The van der Waals surface area contributed by atoms with E-state index in [2.05, 4.69) is 56.4 Å². The van der Waals surface area contributed by atoms with E-state index in [1.807, 2.05) is 0 Å². The Bertz CT molecular complexity index is 225. The average molecular weight is 292 g/mol. The molecule has 0 rings (SSSR count). The van der Waals surface area contributed by atoms with Crippen LogP contribution in [0.5, 0.6) is 0 Å². The minimum atomic E-state index is -1.14. The minimum absolute atomic E-state index is 0.0761. The molecule has 0 fully saturated rings. The standard InChI is InChI=1S/C6H10O4.2C4H12N/c7-5(8)3-1-2-4-6(9)10;2*1-5(2,3)4/h1-4H2,(H,7,8)(H,9,10);2*1-4H3/q;2*+1/p-2. The minimum Gasteiger partial charge on any atom is -0.550 e. The Kier molecular flexibility index (Phi) is 14.0. The van der Waals surface area contributed by atoms with Crippen molar-refractivity contribution in [2.45, 2.75) is 25.7 Å². The molecule has 0 bridgehead atoms. The third-order valence-electron chi connectivity index (χ3n) is 1.01. The zero-order chi connectivity index (χ0) is 17.0. The second-order valence-electron chi connectivity index (χ2n) is 7.32. The van der Waals surface area contributed by atoms with Crippen LogP contribution in [0, 0.1) is 0 Å². The maximum absolute atomic E-state index is 9.77. The molecular formula is C14H32N2O4. The second-order valence-corrected chi connectivity index (χ2v) is 7.32. The molecule has 0 N–H and O–H groups in total. The van der Waals surface area contributed by atoms with Crippen LogP contribution < -0.4 is 10.2 Å². The van der Waals surface area contributed by atoms with E-state index in [0.717, 1.165) is 8.97 Å². The van der Waals surface area contributed by atoms with Crippen molar-refractivity contribution >= 4 is 11.9 Å². The Labute approximate surface area is 123 Å². The Balaban J connectivity index is -0.000000244. The van der Waals surface area contributed by atoms with Gasteiger partial charge in [-0.15, -0.1) is 0 Å². The number of nitrogens with zero attached hydrogens (tertiary/aromatic N) is 2. The van der Waals surface area contributed by atoms with E-state index in [1.54, 1.807) is 0 Å². The quantitative estimate of drug-likeness (QED) is 0.465. The summed E-state index contributed by atoms with van der Waals surface area (Å²) < 4.78 is 2.00. The lowest BCUT2D eigenvalue weighted by Gasteiger charge is -2.14. The van der Waals surface area contributed by atoms with Crippen LogP contribution in [-0.4, -0.2) is 77.3 Å². The number of carbonyl (C=O) groups is 2. The molecule has 0 aliphatic carbocycles. The van der Waals surface area contributed by atoms with E-state index in [4.69, 9.17) is 0 Å². The second kappa shape index (κ2) is 11.7. The molecule has 0 atom stereocenters. The summed E-state index contributed by atoms with van der Waals surface area (Å²) in [6.45, 7) is 0. The molecule has 0 saturated heterocycles. The molecule has 122 valence electrons. The zero-order valence-electron chi connectivity index (χ0n) is 14.4. The summed E-state index contributed by atoms with van der Waals surface area (Å²) in [6.07, 6.45) is 0.535. The van der Waals surface area contributed by atoms with Gasteiger partial charge in [0, 0.05) is 11.9 Å². The van der Waals surface area contributed by atoms with Gasteiger partial charge in [-0.25, -0.2) is 0 Å². The SMILES string of the molecule is C[N+](C)(C)C.C[N+](C)(C)C.O=C([O-])CCCCC(=O)[O-]. The summed E-state index contributed by atoms with van der Waals surface area (Å²) in [5.41, 5.74) is 0. The average Bonchev–Trinajstić information content (AvgIpc) is 2.06. The van der Waals surface area contributed by atoms with Gasteiger partial charge in [-0.1, -0.05) is 0 Å². The number of hydrogen-bond donors (Lipinski definition) is 0. The Morgan fingerprint density at radius 3 is 0.900 bits per heavy atom. The first kappa shape index (κ1) is 23.9. The van der Waals surface area contributed by atoms with Gasteiger partial charge in [0.15, 0.2) is 0 Å². The monoisotopic (exact) mass is 292 g/mol. The van der Waals surface area contributed by atoms with Crippen molar-refractivity contribution in [2.24, 2.45) is 0 Å². The van der Waals surface area contributed by atoms with Crippen molar-refractivity contribution in [3.8, 4) is 0 Å². The van der Waals surface area contributed by atoms with Gasteiger partial charge < -0.3 is 28.8 Å². The third kappa shape index (κ3) is 124. The van der Waals surface area contributed by atoms with E-state index in [0.29, 0.717) is 12.8 Å². The molecule has 0 spiro atoms. The summed E-state index contributed by atoms with van der Waals surface area (Å²) in [6, 6.07) is 0.